The fourth-order valence-electron chi connectivity index (χ4n) is 5.22. The highest BCUT2D eigenvalue weighted by Crippen LogP contribution is 2.48. The summed E-state index contributed by atoms with van der Waals surface area (Å²) in [6.07, 6.45) is 1.79. The van der Waals surface area contributed by atoms with Crippen LogP contribution in [0.2, 0.25) is 0 Å². The van der Waals surface area contributed by atoms with Crippen molar-refractivity contribution in [1.82, 2.24) is 24.6 Å². The van der Waals surface area contributed by atoms with E-state index in [9.17, 15) is 14.7 Å². The second-order valence-corrected chi connectivity index (χ2v) is 9.52. The predicted molar refractivity (Wildman–Crippen MR) is 147 cm³/mol. The minimum atomic E-state index is -0.977. The van der Waals surface area contributed by atoms with Crippen molar-refractivity contribution in [2.24, 2.45) is 0 Å². The van der Waals surface area contributed by atoms with Crippen molar-refractivity contribution in [3.05, 3.63) is 42.2 Å². The van der Waals surface area contributed by atoms with Gasteiger partial charge in [-0.15, -0.1) is 0 Å². The highest BCUT2D eigenvalue weighted by molar-refractivity contribution is 6.07. The summed E-state index contributed by atoms with van der Waals surface area (Å²) in [4.78, 5) is 34.7. The van der Waals surface area contributed by atoms with Crippen molar-refractivity contribution >= 4 is 34.5 Å². The van der Waals surface area contributed by atoms with E-state index in [0.717, 1.165) is 6.42 Å². The minimum Gasteiger partial charge on any atom is -0.493 e. The molecule has 4 aromatic rings. The summed E-state index contributed by atoms with van der Waals surface area (Å²) in [7, 11) is 3.02. The number of nitrogens with zero attached hydrogens (tertiary/aromatic N) is 5. The lowest BCUT2D eigenvalue weighted by Gasteiger charge is -2.30. The molecular formula is C27H27N7O7. The van der Waals surface area contributed by atoms with Gasteiger partial charge in [0.05, 0.1) is 31.3 Å². The number of nitrogen functional groups attached to an aromatic ring is 1. The molecule has 1 saturated heterocycles. The van der Waals surface area contributed by atoms with Crippen molar-refractivity contribution < 1.29 is 33.6 Å². The Bertz CT molecular complexity index is 1670. The van der Waals surface area contributed by atoms with Gasteiger partial charge in [0.25, 0.3) is 5.91 Å². The number of piperidine rings is 1. The summed E-state index contributed by atoms with van der Waals surface area (Å²) in [6.45, 7) is 0.672. The minimum absolute atomic E-state index is 0.0631. The highest BCUT2D eigenvalue weighted by atomic mass is 16.7. The molecular weight excluding hydrogens is 534 g/mol. The van der Waals surface area contributed by atoms with Gasteiger partial charge in [0.15, 0.2) is 28.6 Å². The third kappa shape index (κ3) is 4.52. The molecule has 6 rings (SSSR count). The van der Waals surface area contributed by atoms with Gasteiger partial charge in [-0.1, -0.05) is 0 Å². The normalized spacial score (nSPS) is 16.0. The van der Waals surface area contributed by atoms with Crippen LogP contribution in [0.15, 0.2) is 36.7 Å². The highest BCUT2D eigenvalue weighted by Gasteiger charge is 2.31. The monoisotopic (exact) mass is 561 g/mol. The first kappa shape index (κ1) is 26.0. The number of hydrogen-bond acceptors (Lipinski definition) is 10. The summed E-state index contributed by atoms with van der Waals surface area (Å²) >= 11 is 0. The number of carboxylic acid groups (broad SMARTS) is 1. The number of carbonyl (C=O) groups is 2. The zero-order valence-corrected chi connectivity index (χ0v) is 22.3. The van der Waals surface area contributed by atoms with E-state index in [4.69, 9.17) is 29.8 Å². The third-order valence-electron chi connectivity index (χ3n) is 7.20. The maximum absolute atomic E-state index is 13.1. The average molecular weight is 562 g/mol. The SMILES string of the molecule is COc1ccc(C(=O)Nc2ccc(-c3nn([C@@H]4CCCN(C(=O)O)C4)c4ncnc(N)c34)c3c2OCO3)cc1OC. The number of rotatable bonds is 6. The lowest BCUT2D eigenvalue weighted by atomic mass is 10.1. The Morgan fingerprint density at radius 1 is 1.10 bits per heavy atom. The van der Waals surface area contributed by atoms with Crippen molar-refractivity contribution in [3.63, 3.8) is 0 Å². The summed E-state index contributed by atoms with van der Waals surface area (Å²) in [5.41, 5.74) is 8.58. The number of fused-ring (bicyclic) bond motifs is 2. The number of aromatic nitrogens is 4. The number of amides is 2. The fourth-order valence-corrected chi connectivity index (χ4v) is 5.22. The van der Waals surface area contributed by atoms with Crippen LogP contribution in [-0.4, -0.2) is 75.9 Å². The van der Waals surface area contributed by atoms with Gasteiger partial charge in [0, 0.05) is 24.2 Å². The fraction of sp³-hybridized carbons (Fsp3) is 0.296. The van der Waals surface area contributed by atoms with Crippen LogP contribution in [0.4, 0.5) is 16.3 Å². The molecule has 0 bridgehead atoms. The van der Waals surface area contributed by atoms with E-state index in [1.54, 1.807) is 35.0 Å². The Balaban J connectivity index is 1.38. The van der Waals surface area contributed by atoms with Crippen LogP contribution in [0.3, 0.4) is 0 Å². The lowest BCUT2D eigenvalue weighted by Crippen LogP contribution is -2.40. The Labute approximate surface area is 233 Å². The molecule has 14 heteroatoms. The molecule has 212 valence electrons. The topological polar surface area (TPSA) is 176 Å². The molecule has 2 aliphatic heterocycles. The van der Waals surface area contributed by atoms with Gasteiger partial charge in [0.2, 0.25) is 6.79 Å². The average Bonchev–Trinajstić information content (AvgIpc) is 3.64. The number of nitrogens with two attached hydrogens (primary N) is 1. The standard InChI is InChI=1S/C27H27N7O7/c1-38-18-8-5-14(10-19(18)39-2)26(35)31-17-7-6-16(22-23(17)41-13-40-22)21-20-24(28)29-12-30-25(20)34(32-21)15-4-3-9-33(11-15)27(36)37/h5-8,10,12,15H,3-4,9,11,13H2,1-2H3,(H,31,35)(H,36,37)(H2,28,29,30)/t15-/m1/s1. The van der Waals surface area contributed by atoms with E-state index in [0.29, 0.717) is 69.5 Å². The van der Waals surface area contributed by atoms with Gasteiger partial charge in [0.1, 0.15) is 17.8 Å². The van der Waals surface area contributed by atoms with Gasteiger partial charge in [-0.2, -0.15) is 5.10 Å². The number of anilines is 2. The van der Waals surface area contributed by atoms with E-state index in [1.165, 1.54) is 25.4 Å². The summed E-state index contributed by atoms with van der Waals surface area (Å²) in [5, 5.41) is 17.8. The van der Waals surface area contributed by atoms with Gasteiger partial charge in [-0.25, -0.2) is 19.4 Å². The van der Waals surface area contributed by atoms with Crippen LogP contribution in [0.5, 0.6) is 23.0 Å². The Kier molecular flexibility index (Phi) is 6.57. The largest absolute Gasteiger partial charge is 0.493 e. The maximum Gasteiger partial charge on any atom is 0.407 e. The van der Waals surface area contributed by atoms with Crippen molar-refractivity contribution in [2.75, 3.05) is 45.2 Å². The maximum atomic E-state index is 13.1. The van der Waals surface area contributed by atoms with Crippen LogP contribution in [0, 0.1) is 0 Å². The van der Waals surface area contributed by atoms with Crippen LogP contribution < -0.4 is 30.0 Å². The lowest BCUT2D eigenvalue weighted by molar-refractivity contribution is 0.102. The van der Waals surface area contributed by atoms with Gasteiger partial charge >= 0.3 is 6.09 Å². The molecule has 14 nitrogen and oxygen atoms in total. The number of carbonyl (C=O) groups excluding carboxylic acids is 1. The first-order valence-electron chi connectivity index (χ1n) is 12.8. The number of hydrogen-bond donors (Lipinski definition) is 3. The summed E-state index contributed by atoms with van der Waals surface area (Å²) < 4.78 is 23.9. The second-order valence-electron chi connectivity index (χ2n) is 9.52. The van der Waals surface area contributed by atoms with E-state index in [-0.39, 0.29) is 31.1 Å². The Morgan fingerprint density at radius 3 is 2.68 bits per heavy atom. The molecule has 1 fully saturated rings. The molecule has 2 aromatic carbocycles. The van der Waals surface area contributed by atoms with Crippen LogP contribution in [0.25, 0.3) is 22.3 Å². The summed E-state index contributed by atoms with van der Waals surface area (Å²) in [5.74, 6) is 1.48. The first-order chi connectivity index (χ1) is 19.9. The van der Waals surface area contributed by atoms with Crippen LogP contribution >= 0.6 is 0 Å². The predicted octanol–water partition coefficient (Wildman–Crippen LogP) is 3.39. The molecule has 4 N–H and O–H groups in total. The van der Waals surface area contributed by atoms with Crippen LogP contribution in [0.1, 0.15) is 29.2 Å². The quantitative estimate of drug-likeness (QED) is 0.314. The number of methoxy groups -OCH3 is 2. The number of ether oxygens (including phenoxy) is 4. The molecule has 0 spiro atoms. The van der Waals surface area contributed by atoms with E-state index < -0.39 is 6.09 Å². The molecule has 0 saturated carbocycles. The molecule has 2 amide bonds. The zero-order chi connectivity index (χ0) is 28.7. The van der Waals surface area contributed by atoms with Crippen LogP contribution in [-0.2, 0) is 0 Å². The van der Waals surface area contributed by atoms with Gasteiger partial charge in [-0.05, 0) is 43.2 Å². The zero-order valence-electron chi connectivity index (χ0n) is 22.3. The molecule has 0 aliphatic carbocycles. The Morgan fingerprint density at radius 2 is 1.90 bits per heavy atom. The molecule has 4 heterocycles. The Hall–Kier alpha value is -5.27. The summed E-state index contributed by atoms with van der Waals surface area (Å²) in [6, 6.07) is 8.06. The van der Waals surface area contributed by atoms with Crippen molar-refractivity contribution in [3.8, 4) is 34.3 Å². The van der Waals surface area contributed by atoms with Gasteiger partial charge < -0.3 is 40.0 Å². The molecule has 0 unspecified atom stereocenters. The van der Waals surface area contributed by atoms with Crippen molar-refractivity contribution in [2.45, 2.75) is 18.9 Å². The van der Waals surface area contributed by atoms with Gasteiger partial charge in [-0.3, -0.25) is 4.79 Å². The molecule has 2 aliphatic rings. The molecule has 0 radical (unpaired) electrons. The third-order valence-corrected chi connectivity index (χ3v) is 7.20. The molecule has 1 atom stereocenters. The molecule has 2 aromatic heterocycles. The number of likely N-dealkylation sites (tertiary alicyclic amines) is 1. The second kappa shape index (κ2) is 10.4. The number of benzene rings is 2. The van der Waals surface area contributed by atoms with E-state index >= 15 is 0 Å². The van der Waals surface area contributed by atoms with Crippen molar-refractivity contribution in [1.29, 1.82) is 0 Å². The van der Waals surface area contributed by atoms with E-state index in [2.05, 4.69) is 15.3 Å². The smallest absolute Gasteiger partial charge is 0.407 e. The molecule has 41 heavy (non-hydrogen) atoms. The van der Waals surface area contributed by atoms with E-state index in [1.807, 2.05) is 0 Å². The number of nitrogens with one attached hydrogen (secondary N) is 1. The first-order valence-corrected chi connectivity index (χ1v) is 12.8.